The van der Waals surface area contributed by atoms with Gasteiger partial charge in [-0.25, -0.2) is 0 Å². The first kappa shape index (κ1) is 12.7. The van der Waals surface area contributed by atoms with Crippen molar-refractivity contribution in [2.45, 2.75) is 25.4 Å². The van der Waals surface area contributed by atoms with E-state index >= 15 is 0 Å². The van der Waals surface area contributed by atoms with Crippen molar-refractivity contribution in [1.29, 1.82) is 0 Å². The highest BCUT2D eigenvalue weighted by Gasteiger charge is 2.30. The average Bonchev–Trinajstić information content (AvgIpc) is 2.55. The minimum Gasteiger partial charge on any atom is -0.464 e. The summed E-state index contributed by atoms with van der Waals surface area (Å²) in [5, 5.41) is 10.9. The molecule has 0 bridgehead atoms. The van der Waals surface area contributed by atoms with Gasteiger partial charge in [0.2, 0.25) is 0 Å². The van der Waals surface area contributed by atoms with Crippen LogP contribution in [0.3, 0.4) is 0 Å². The summed E-state index contributed by atoms with van der Waals surface area (Å²) in [7, 11) is 0. The molecule has 0 aromatic heterocycles. The largest absolute Gasteiger partial charge is 0.464 e. The quantitative estimate of drug-likeness (QED) is 0.838. The molecular formula is C19H18O2. The second kappa shape index (κ2) is 5.05. The summed E-state index contributed by atoms with van der Waals surface area (Å²) in [4.78, 5) is 0. The van der Waals surface area contributed by atoms with Crippen LogP contribution >= 0.6 is 0 Å². The molecule has 2 atom stereocenters. The van der Waals surface area contributed by atoms with E-state index in [4.69, 9.17) is 4.74 Å². The van der Waals surface area contributed by atoms with Gasteiger partial charge in [0.15, 0.2) is 0 Å². The van der Waals surface area contributed by atoms with Crippen molar-refractivity contribution < 1.29 is 9.84 Å². The molecule has 3 aliphatic rings. The van der Waals surface area contributed by atoms with Crippen molar-refractivity contribution in [3.63, 3.8) is 0 Å². The topological polar surface area (TPSA) is 29.5 Å². The molecule has 0 amide bonds. The second-order valence-corrected chi connectivity index (χ2v) is 5.78. The van der Waals surface area contributed by atoms with Gasteiger partial charge in [0.25, 0.3) is 0 Å². The third-order valence-electron chi connectivity index (χ3n) is 4.52. The lowest BCUT2D eigenvalue weighted by Gasteiger charge is -2.30. The molecule has 0 spiro atoms. The molecule has 2 heteroatoms. The summed E-state index contributed by atoms with van der Waals surface area (Å²) < 4.78 is 5.81. The van der Waals surface area contributed by atoms with E-state index in [2.05, 4.69) is 30.4 Å². The Kier molecular flexibility index (Phi) is 3.04. The lowest BCUT2D eigenvalue weighted by atomic mass is 9.82. The average molecular weight is 278 g/mol. The minimum absolute atomic E-state index is 0.224. The predicted molar refractivity (Wildman–Crippen MR) is 83.9 cm³/mol. The van der Waals surface area contributed by atoms with Crippen LogP contribution < -0.4 is 4.74 Å². The smallest absolute Gasteiger partial charge is 0.133 e. The van der Waals surface area contributed by atoms with Gasteiger partial charge in [0.1, 0.15) is 11.9 Å². The Labute approximate surface area is 124 Å². The molecule has 1 aromatic carbocycles. The standard InChI is InChI=1S/C19H18O2/c20-19-16(13-6-2-1-3-7-13)12-21-17-11-10-14-8-4-5-9-15(14)18(17)19/h1-3,5-6,9-13,19-20H,4,7-8H2. The van der Waals surface area contributed by atoms with E-state index in [1.54, 1.807) is 6.26 Å². The van der Waals surface area contributed by atoms with Gasteiger partial charge >= 0.3 is 0 Å². The highest BCUT2D eigenvalue weighted by atomic mass is 16.5. The maximum Gasteiger partial charge on any atom is 0.133 e. The van der Waals surface area contributed by atoms with Gasteiger partial charge in [-0.05, 0) is 36.5 Å². The van der Waals surface area contributed by atoms with Gasteiger partial charge in [-0.15, -0.1) is 0 Å². The molecule has 0 fully saturated rings. The highest BCUT2D eigenvalue weighted by Crippen LogP contribution is 2.43. The molecule has 0 radical (unpaired) electrons. The van der Waals surface area contributed by atoms with E-state index in [9.17, 15) is 5.11 Å². The Bertz CT molecular complexity index is 692. The molecule has 1 aromatic rings. The third kappa shape index (κ3) is 2.07. The molecule has 2 aliphatic carbocycles. The van der Waals surface area contributed by atoms with E-state index in [1.165, 1.54) is 5.56 Å². The van der Waals surface area contributed by atoms with Gasteiger partial charge in [-0.1, -0.05) is 42.5 Å². The molecule has 1 N–H and O–H groups in total. The van der Waals surface area contributed by atoms with E-state index in [-0.39, 0.29) is 5.92 Å². The first-order valence-corrected chi connectivity index (χ1v) is 7.55. The fraction of sp³-hybridized carbons (Fsp3) is 0.263. The van der Waals surface area contributed by atoms with Crippen molar-refractivity contribution in [2.24, 2.45) is 5.92 Å². The predicted octanol–water partition coefficient (Wildman–Crippen LogP) is 4.09. The van der Waals surface area contributed by atoms with Crippen LogP contribution in [0, 0.1) is 5.92 Å². The molecule has 106 valence electrons. The van der Waals surface area contributed by atoms with Crippen LogP contribution in [0.4, 0.5) is 0 Å². The molecule has 0 saturated carbocycles. The minimum atomic E-state index is -0.576. The van der Waals surface area contributed by atoms with Crippen LogP contribution in [-0.2, 0) is 6.42 Å². The van der Waals surface area contributed by atoms with Crippen molar-refractivity contribution in [3.05, 3.63) is 71.0 Å². The highest BCUT2D eigenvalue weighted by molar-refractivity contribution is 5.66. The van der Waals surface area contributed by atoms with Crippen molar-refractivity contribution in [2.75, 3.05) is 0 Å². The SMILES string of the molecule is OC1C(C2C=CC=CC2)=COc2ccc3c(c21)C=CCC3. The third-order valence-corrected chi connectivity index (χ3v) is 4.52. The number of aliphatic hydroxyl groups is 1. The number of allylic oxidation sites excluding steroid dienone is 5. The Hall–Kier alpha value is -2.06. The number of aliphatic hydroxyl groups excluding tert-OH is 1. The lowest BCUT2D eigenvalue weighted by Crippen LogP contribution is -2.18. The van der Waals surface area contributed by atoms with Crippen molar-refractivity contribution in [1.82, 2.24) is 0 Å². The van der Waals surface area contributed by atoms with Crippen LogP contribution in [0.15, 0.2) is 54.3 Å². The maximum absolute atomic E-state index is 10.9. The fourth-order valence-corrected chi connectivity index (χ4v) is 3.38. The molecule has 2 unspecified atom stereocenters. The first-order chi connectivity index (χ1) is 10.3. The van der Waals surface area contributed by atoms with Gasteiger partial charge in [-0.3, -0.25) is 0 Å². The number of hydrogen-bond acceptors (Lipinski definition) is 2. The summed E-state index contributed by atoms with van der Waals surface area (Å²) in [6, 6.07) is 4.10. The van der Waals surface area contributed by atoms with Gasteiger partial charge in [0, 0.05) is 17.1 Å². The Balaban J connectivity index is 1.76. The summed E-state index contributed by atoms with van der Waals surface area (Å²) in [5.41, 5.74) is 4.34. The van der Waals surface area contributed by atoms with E-state index in [1.807, 2.05) is 18.2 Å². The van der Waals surface area contributed by atoms with E-state index in [0.717, 1.165) is 41.7 Å². The normalized spacial score (nSPS) is 25.9. The van der Waals surface area contributed by atoms with E-state index in [0.29, 0.717) is 0 Å². The van der Waals surface area contributed by atoms with Gasteiger partial charge in [-0.2, -0.15) is 0 Å². The van der Waals surface area contributed by atoms with Crippen LogP contribution in [0.25, 0.3) is 6.08 Å². The number of rotatable bonds is 1. The summed E-state index contributed by atoms with van der Waals surface area (Å²) in [5.74, 6) is 1.01. The van der Waals surface area contributed by atoms with Crippen LogP contribution in [0.2, 0.25) is 0 Å². The fourth-order valence-electron chi connectivity index (χ4n) is 3.38. The lowest BCUT2D eigenvalue weighted by molar-refractivity contribution is 0.187. The zero-order valence-electron chi connectivity index (χ0n) is 11.8. The van der Waals surface area contributed by atoms with Crippen LogP contribution in [0.1, 0.15) is 35.6 Å². The number of fused-ring (bicyclic) bond motifs is 3. The maximum atomic E-state index is 10.9. The number of ether oxygens (including phenoxy) is 1. The number of benzene rings is 1. The van der Waals surface area contributed by atoms with Crippen molar-refractivity contribution in [3.8, 4) is 5.75 Å². The molecule has 4 rings (SSSR count). The molecule has 2 nitrogen and oxygen atoms in total. The monoisotopic (exact) mass is 278 g/mol. The summed E-state index contributed by atoms with van der Waals surface area (Å²) in [6.45, 7) is 0. The Morgan fingerprint density at radius 3 is 2.95 bits per heavy atom. The van der Waals surface area contributed by atoms with Gasteiger partial charge in [0.05, 0.1) is 6.26 Å². The molecule has 0 saturated heterocycles. The summed E-state index contributed by atoms with van der Waals surface area (Å²) >= 11 is 0. The second-order valence-electron chi connectivity index (χ2n) is 5.78. The number of hydrogen-bond donors (Lipinski definition) is 1. The first-order valence-electron chi connectivity index (χ1n) is 7.55. The Morgan fingerprint density at radius 2 is 2.10 bits per heavy atom. The molecular weight excluding hydrogens is 260 g/mol. The van der Waals surface area contributed by atoms with Crippen LogP contribution in [0.5, 0.6) is 5.75 Å². The van der Waals surface area contributed by atoms with Gasteiger partial charge < -0.3 is 9.84 Å². The van der Waals surface area contributed by atoms with Crippen molar-refractivity contribution >= 4 is 6.08 Å². The zero-order valence-corrected chi connectivity index (χ0v) is 11.8. The number of aryl methyl sites for hydroxylation is 1. The Morgan fingerprint density at radius 1 is 1.14 bits per heavy atom. The van der Waals surface area contributed by atoms with E-state index < -0.39 is 6.10 Å². The van der Waals surface area contributed by atoms with Crippen LogP contribution in [-0.4, -0.2) is 5.11 Å². The molecule has 1 heterocycles. The molecule has 21 heavy (non-hydrogen) atoms. The summed E-state index contributed by atoms with van der Waals surface area (Å²) in [6.07, 6.45) is 16.8. The zero-order chi connectivity index (χ0) is 14.2. The molecule has 1 aliphatic heterocycles.